The molecule has 0 aliphatic carbocycles. The van der Waals surface area contributed by atoms with Crippen molar-refractivity contribution < 1.29 is 13.8 Å². The zero-order valence-corrected chi connectivity index (χ0v) is 15.8. The van der Waals surface area contributed by atoms with E-state index in [9.17, 15) is 4.79 Å². The first-order valence-corrected chi connectivity index (χ1v) is 9.55. The van der Waals surface area contributed by atoms with E-state index in [2.05, 4.69) is 43.8 Å². The number of hydrogen-bond acceptors (Lipinski definition) is 5. The summed E-state index contributed by atoms with van der Waals surface area (Å²) in [7, 11) is -1.12. The van der Waals surface area contributed by atoms with Gasteiger partial charge in [0.15, 0.2) is 0 Å². The van der Waals surface area contributed by atoms with E-state index in [0.717, 1.165) is 38.6 Å². The zero-order chi connectivity index (χ0) is 17.5. The number of unbranched alkanes of at least 4 members (excludes halogenated alkanes) is 3. The van der Waals surface area contributed by atoms with Crippen molar-refractivity contribution in [3.8, 4) is 6.07 Å². The molecule has 23 heavy (non-hydrogen) atoms. The van der Waals surface area contributed by atoms with E-state index in [1.165, 1.54) is 0 Å². The highest BCUT2D eigenvalue weighted by atomic mass is 31.2. The molecule has 7 heteroatoms. The first-order valence-electron chi connectivity index (χ1n) is 8.42. The summed E-state index contributed by atoms with van der Waals surface area (Å²) in [6, 6.07) is 2.76. The van der Waals surface area contributed by atoms with Gasteiger partial charge in [-0.25, -0.2) is 4.67 Å². The third kappa shape index (κ3) is 11.4. The maximum atomic E-state index is 10.1. The predicted octanol–water partition coefficient (Wildman–Crippen LogP) is 3.59. The van der Waals surface area contributed by atoms with Gasteiger partial charge >= 0.3 is 0 Å². The van der Waals surface area contributed by atoms with Crippen molar-refractivity contribution in [2.24, 2.45) is 0 Å². The van der Waals surface area contributed by atoms with Crippen LogP contribution in [0.3, 0.4) is 0 Å². The van der Waals surface area contributed by atoms with Crippen LogP contribution in [0.2, 0.25) is 0 Å². The second-order valence-electron chi connectivity index (χ2n) is 5.87. The van der Waals surface area contributed by atoms with Gasteiger partial charge in [0, 0.05) is 18.6 Å². The number of amides is 1. The van der Waals surface area contributed by atoms with E-state index in [1.54, 1.807) is 0 Å². The third-order valence-corrected chi connectivity index (χ3v) is 5.27. The molecule has 1 amide bonds. The molecule has 0 radical (unpaired) electrons. The maximum Gasteiger partial charge on any atom is 0.259 e. The lowest BCUT2D eigenvalue weighted by atomic mass is 10.2. The first kappa shape index (κ1) is 22.3. The van der Waals surface area contributed by atoms with E-state index in [0.29, 0.717) is 31.7 Å². The monoisotopic (exact) mass is 345 g/mol. The van der Waals surface area contributed by atoms with Crippen molar-refractivity contribution in [1.29, 1.82) is 5.26 Å². The lowest BCUT2D eigenvalue weighted by Crippen LogP contribution is -2.33. The fraction of sp³-hybridized carbons (Fsp3) is 0.875. The largest absolute Gasteiger partial charge is 0.359 e. The minimum Gasteiger partial charge on any atom is -0.359 e. The van der Waals surface area contributed by atoms with Gasteiger partial charge in [0.05, 0.1) is 25.7 Å². The normalized spacial score (nSPS) is 12.6. The molecule has 0 aliphatic heterocycles. The van der Waals surface area contributed by atoms with Crippen LogP contribution in [0.4, 0.5) is 0 Å². The number of carbonyl (C=O) groups excluding carboxylic acids is 1. The average Bonchev–Trinajstić information content (AvgIpc) is 2.49. The summed E-state index contributed by atoms with van der Waals surface area (Å²) in [5, 5.41) is 11.3. The average molecular weight is 345 g/mol. The summed E-state index contributed by atoms with van der Waals surface area (Å²) in [5.74, 6) is 0. The van der Waals surface area contributed by atoms with Gasteiger partial charge in [-0.2, -0.15) is 5.26 Å². The summed E-state index contributed by atoms with van der Waals surface area (Å²) in [5.41, 5.74) is 0. The topological polar surface area (TPSA) is 74.6 Å². The van der Waals surface area contributed by atoms with Crippen LogP contribution in [-0.4, -0.2) is 42.9 Å². The molecule has 6 nitrogen and oxygen atoms in total. The van der Waals surface area contributed by atoms with Crippen molar-refractivity contribution in [3.05, 3.63) is 0 Å². The van der Waals surface area contributed by atoms with Crippen LogP contribution in [0.5, 0.6) is 0 Å². The molecule has 0 heterocycles. The summed E-state index contributed by atoms with van der Waals surface area (Å²) >= 11 is 0. The molecular weight excluding hydrogens is 313 g/mol. The Morgan fingerprint density at radius 2 is 1.70 bits per heavy atom. The van der Waals surface area contributed by atoms with E-state index >= 15 is 0 Å². The third-order valence-electron chi connectivity index (χ3n) is 3.16. The molecule has 0 fully saturated rings. The Labute approximate surface area is 142 Å². The SMILES string of the molecule is CC(C)N(C(C)C)P(OCCC#N)OCCCCCCNC=O. The molecule has 0 aromatic heterocycles. The van der Waals surface area contributed by atoms with Crippen molar-refractivity contribution in [1.82, 2.24) is 9.99 Å². The van der Waals surface area contributed by atoms with Crippen molar-refractivity contribution in [2.45, 2.75) is 71.9 Å². The second kappa shape index (κ2) is 14.8. The van der Waals surface area contributed by atoms with Crippen molar-refractivity contribution >= 4 is 14.9 Å². The molecule has 0 aromatic carbocycles. The Kier molecular flexibility index (Phi) is 14.4. The number of nitrogens with one attached hydrogen (secondary N) is 1. The Balaban J connectivity index is 4.15. The molecule has 0 bridgehead atoms. The van der Waals surface area contributed by atoms with Crippen LogP contribution in [0.25, 0.3) is 0 Å². The van der Waals surface area contributed by atoms with E-state index in [1.807, 2.05) is 0 Å². The van der Waals surface area contributed by atoms with Gasteiger partial charge in [-0.15, -0.1) is 0 Å². The number of nitriles is 1. The molecule has 0 rings (SSSR count). The van der Waals surface area contributed by atoms with E-state index < -0.39 is 8.53 Å². The van der Waals surface area contributed by atoms with Gasteiger partial charge in [-0.3, -0.25) is 4.79 Å². The minimum atomic E-state index is -1.12. The van der Waals surface area contributed by atoms with Crippen LogP contribution in [0, 0.1) is 11.3 Å². The van der Waals surface area contributed by atoms with Gasteiger partial charge in [-0.05, 0) is 40.5 Å². The molecule has 134 valence electrons. The van der Waals surface area contributed by atoms with E-state index in [-0.39, 0.29) is 0 Å². The van der Waals surface area contributed by atoms with Crippen LogP contribution in [0.15, 0.2) is 0 Å². The molecule has 1 atom stereocenters. The fourth-order valence-corrected chi connectivity index (χ4v) is 3.83. The number of hydrogen-bond donors (Lipinski definition) is 1. The Morgan fingerprint density at radius 3 is 2.26 bits per heavy atom. The quantitative estimate of drug-likeness (QED) is 0.279. The van der Waals surface area contributed by atoms with Crippen molar-refractivity contribution in [3.63, 3.8) is 0 Å². The van der Waals surface area contributed by atoms with Crippen LogP contribution in [0.1, 0.15) is 59.8 Å². The van der Waals surface area contributed by atoms with Gasteiger partial charge in [-0.1, -0.05) is 12.8 Å². The fourth-order valence-electron chi connectivity index (χ4n) is 2.20. The molecule has 0 aliphatic rings. The molecular formula is C16H32N3O3P. The van der Waals surface area contributed by atoms with Gasteiger partial charge in [0.2, 0.25) is 6.41 Å². The Morgan fingerprint density at radius 1 is 1.09 bits per heavy atom. The van der Waals surface area contributed by atoms with Gasteiger partial charge in [0.25, 0.3) is 8.53 Å². The lowest BCUT2D eigenvalue weighted by molar-refractivity contribution is -0.109. The molecule has 0 aromatic rings. The molecule has 1 N–H and O–H groups in total. The minimum absolute atomic E-state index is 0.331. The van der Waals surface area contributed by atoms with Crippen LogP contribution < -0.4 is 5.32 Å². The second-order valence-corrected chi connectivity index (χ2v) is 7.32. The summed E-state index contributed by atoms with van der Waals surface area (Å²) in [6.07, 6.45) is 5.25. The number of carbonyl (C=O) groups is 1. The molecule has 1 unspecified atom stereocenters. The van der Waals surface area contributed by atoms with Crippen LogP contribution >= 0.6 is 8.53 Å². The Hall–Kier alpha value is -0.730. The highest BCUT2D eigenvalue weighted by Gasteiger charge is 2.26. The van der Waals surface area contributed by atoms with Crippen molar-refractivity contribution in [2.75, 3.05) is 19.8 Å². The molecule has 0 saturated heterocycles. The summed E-state index contributed by atoms with van der Waals surface area (Å²) < 4.78 is 14.0. The van der Waals surface area contributed by atoms with Gasteiger partial charge < -0.3 is 14.4 Å². The molecule has 0 saturated carbocycles. The maximum absolute atomic E-state index is 10.1. The van der Waals surface area contributed by atoms with Gasteiger partial charge in [0.1, 0.15) is 0 Å². The summed E-state index contributed by atoms with van der Waals surface area (Å²) in [4.78, 5) is 10.1. The first-order chi connectivity index (χ1) is 11.0. The van der Waals surface area contributed by atoms with Crippen LogP contribution in [-0.2, 0) is 13.8 Å². The highest BCUT2D eigenvalue weighted by molar-refractivity contribution is 7.44. The molecule has 0 spiro atoms. The lowest BCUT2D eigenvalue weighted by Gasteiger charge is -2.35. The summed E-state index contributed by atoms with van der Waals surface area (Å²) in [6.45, 7) is 10.3. The highest BCUT2D eigenvalue weighted by Crippen LogP contribution is 2.46. The standard InChI is InChI=1S/C16H32N3O3P/c1-15(2)19(16(3)4)23(22-13-9-10-17)21-12-8-6-5-7-11-18-14-20/h14-16H,5-9,11-13H2,1-4H3,(H,18,20). The number of nitrogens with zero attached hydrogens (tertiary/aromatic N) is 2. The zero-order valence-electron chi connectivity index (χ0n) is 15.0. The van der Waals surface area contributed by atoms with E-state index in [4.69, 9.17) is 14.3 Å². The number of rotatable bonds is 15. The Bertz CT molecular complexity index is 327. The predicted molar refractivity (Wildman–Crippen MR) is 93.7 cm³/mol. The smallest absolute Gasteiger partial charge is 0.259 e.